The van der Waals surface area contributed by atoms with Gasteiger partial charge in [0.05, 0.1) is 12.7 Å². The van der Waals surface area contributed by atoms with Crippen LogP contribution in [-0.4, -0.2) is 29.6 Å². The minimum Gasteiger partial charge on any atom is -0.325 e. The minimum atomic E-state index is 0.109. The van der Waals surface area contributed by atoms with E-state index in [0.717, 1.165) is 25.4 Å². The van der Waals surface area contributed by atoms with Crippen molar-refractivity contribution in [3.63, 3.8) is 0 Å². The SMILES string of the molecule is CCCC1NCN(C2CC2CCC)C1=O. The fourth-order valence-electron chi connectivity index (χ4n) is 2.66. The van der Waals surface area contributed by atoms with Crippen LogP contribution in [0.15, 0.2) is 0 Å². The molecule has 1 heterocycles. The van der Waals surface area contributed by atoms with Crippen molar-refractivity contribution in [1.29, 1.82) is 0 Å². The summed E-state index contributed by atoms with van der Waals surface area (Å²) in [6.07, 6.45) is 5.84. The first-order valence-electron chi connectivity index (χ1n) is 6.31. The fourth-order valence-corrected chi connectivity index (χ4v) is 2.66. The normalized spacial score (nSPS) is 34.9. The Hall–Kier alpha value is -0.570. The van der Waals surface area contributed by atoms with E-state index in [1.54, 1.807) is 0 Å². The van der Waals surface area contributed by atoms with Gasteiger partial charge in [0, 0.05) is 6.04 Å². The monoisotopic (exact) mass is 210 g/mol. The van der Waals surface area contributed by atoms with Gasteiger partial charge in [-0.3, -0.25) is 10.1 Å². The molecule has 0 aromatic heterocycles. The number of hydrogen-bond acceptors (Lipinski definition) is 2. The maximum absolute atomic E-state index is 12.0. The van der Waals surface area contributed by atoms with Crippen molar-refractivity contribution < 1.29 is 4.79 Å². The van der Waals surface area contributed by atoms with Crippen molar-refractivity contribution in [3.8, 4) is 0 Å². The van der Waals surface area contributed by atoms with Gasteiger partial charge in [-0.25, -0.2) is 0 Å². The van der Waals surface area contributed by atoms with E-state index in [1.807, 2.05) is 0 Å². The molecular weight excluding hydrogens is 188 g/mol. The highest BCUT2D eigenvalue weighted by molar-refractivity contribution is 5.84. The van der Waals surface area contributed by atoms with Gasteiger partial charge < -0.3 is 4.90 Å². The van der Waals surface area contributed by atoms with Gasteiger partial charge >= 0.3 is 0 Å². The molecule has 2 aliphatic rings. The highest BCUT2D eigenvalue weighted by Crippen LogP contribution is 2.40. The molecule has 2 fully saturated rings. The van der Waals surface area contributed by atoms with Gasteiger partial charge in [0.25, 0.3) is 0 Å². The van der Waals surface area contributed by atoms with E-state index in [4.69, 9.17) is 0 Å². The molecular formula is C12H22N2O. The van der Waals surface area contributed by atoms with E-state index >= 15 is 0 Å². The molecule has 86 valence electrons. The van der Waals surface area contributed by atoms with Crippen LogP contribution in [-0.2, 0) is 4.79 Å². The van der Waals surface area contributed by atoms with Crippen LogP contribution in [0.4, 0.5) is 0 Å². The van der Waals surface area contributed by atoms with Crippen LogP contribution >= 0.6 is 0 Å². The molecule has 15 heavy (non-hydrogen) atoms. The van der Waals surface area contributed by atoms with Crippen molar-refractivity contribution in [2.75, 3.05) is 6.67 Å². The molecule has 1 aliphatic heterocycles. The van der Waals surface area contributed by atoms with Crippen LogP contribution in [0.2, 0.25) is 0 Å². The summed E-state index contributed by atoms with van der Waals surface area (Å²) >= 11 is 0. The Morgan fingerprint density at radius 2 is 2.07 bits per heavy atom. The molecule has 0 bridgehead atoms. The molecule has 3 unspecified atom stereocenters. The maximum Gasteiger partial charge on any atom is 0.241 e. The zero-order valence-electron chi connectivity index (χ0n) is 9.83. The summed E-state index contributed by atoms with van der Waals surface area (Å²) in [5.74, 6) is 1.14. The van der Waals surface area contributed by atoms with E-state index in [2.05, 4.69) is 24.1 Å². The Morgan fingerprint density at radius 1 is 1.33 bits per heavy atom. The van der Waals surface area contributed by atoms with E-state index in [-0.39, 0.29) is 6.04 Å². The first-order chi connectivity index (χ1) is 7.27. The molecule has 0 aromatic rings. The van der Waals surface area contributed by atoms with Gasteiger partial charge in [-0.2, -0.15) is 0 Å². The van der Waals surface area contributed by atoms with Crippen LogP contribution in [0.25, 0.3) is 0 Å². The second-order valence-electron chi connectivity index (χ2n) is 4.86. The van der Waals surface area contributed by atoms with Gasteiger partial charge in [0.15, 0.2) is 0 Å². The second-order valence-corrected chi connectivity index (χ2v) is 4.86. The van der Waals surface area contributed by atoms with E-state index in [1.165, 1.54) is 19.3 Å². The highest BCUT2D eigenvalue weighted by atomic mass is 16.2. The highest BCUT2D eigenvalue weighted by Gasteiger charge is 2.46. The molecule has 0 radical (unpaired) electrons. The van der Waals surface area contributed by atoms with Crippen LogP contribution in [0.1, 0.15) is 46.0 Å². The second kappa shape index (κ2) is 4.52. The fraction of sp³-hybridized carbons (Fsp3) is 0.917. The number of amides is 1. The lowest BCUT2D eigenvalue weighted by Crippen LogP contribution is -2.32. The first kappa shape index (κ1) is 10.9. The Bertz CT molecular complexity index is 242. The van der Waals surface area contributed by atoms with Crippen LogP contribution in [0.3, 0.4) is 0 Å². The average molecular weight is 210 g/mol. The summed E-state index contributed by atoms with van der Waals surface area (Å²) in [5, 5.41) is 3.32. The van der Waals surface area contributed by atoms with E-state index in [9.17, 15) is 4.79 Å². The zero-order valence-corrected chi connectivity index (χ0v) is 9.83. The molecule has 3 nitrogen and oxygen atoms in total. The number of rotatable bonds is 5. The zero-order chi connectivity index (χ0) is 10.8. The quantitative estimate of drug-likeness (QED) is 0.749. The number of nitrogens with zero attached hydrogens (tertiary/aromatic N) is 1. The molecule has 1 saturated heterocycles. The third kappa shape index (κ3) is 2.17. The van der Waals surface area contributed by atoms with Crippen molar-refractivity contribution in [1.82, 2.24) is 10.2 Å². The lowest BCUT2D eigenvalue weighted by atomic mass is 10.1. The van der Waals surface area contributed by atoms with Gasteiger partial charge in [0.2, 0.25) is 5.91 Å². The molecule has 1 amide bonds. The van der Waals surface area contributed by atoms with E-state index in [0.29, 0.717) is 11.9 Å². The molecule has 1 N–H and O–H groups in total. The Kier molecular flexibility index (Phi) is 3.29. The first-order valence-corrected chi connectivity index (χ1v) is 6.31. The number of carbonyl (C=O) groups excluding carboxylic acids is 1. The third-order valence-corrected chi connectivity index (χ3v) is 3.61. The topological polar surface area (TPSA) is 32.3 Å². The average Bonchev–Trinajstić information content (AvgIpc) is 2.88. The predicted molar refractivity (Wildman–Crippen MR) is 60.3 cm³/mol. The van der Waals surface area contributed by atoms with Crippen molar-refractivity contribution >= 4 is 5.91 Å². The van der Waals surface area contributed by atoms with Crippen molar-refractivity contribution in [2.45, 2.75) is 58.0 Å². The molecule has 0 aromatic carbocycles. The smallest absolute Gasteiger partial charge is 0.241 e. The number of carbonyl (C=O) groups is 1. The number of hydrogen-bond donors (Lipinski definition) is 1. The summed E-state index contributed by atoms with van der Waals surface area (Å²) < 4.78 is 0. The summed E-state index contributed by atoms with van der Waals surface area (Å²) in [6, 6.07) is 0.671. The van der Waals surface area contributed by atoms with Gasteiger partial charge in [-0.1, -0.05) is 26.7 Å². The summed E-state index contributed by atoms with van der Waals surface area (Å²) in [5.41, 5.74) is 0. The lowest BCUT2D eigenvalue weighted by molar-refractivity contribution is -0.129. The number of nitrogens with one attached hydrogen (secondary N) is 1. The predicted octanol–water partition coefficient (Wildman–Crippen LogP) is 1.73. The molecule has 2 rings (SSSR count). The van der Waals surface area contributed by atoms with Crippen LogP contribution < -0.4 is 5.32 Å². The summed E-state index contributed by atoms with van der Waals surface area (Å²) in [7, 11) is 0. The maximum atomic E-state index is 12.0. The Morgan fingerprint density at radius 3 is 2.73 bits per heavy atom. The molecule has 0 spiro atoms. The van der Waals surface area contributed by atoms with Gasteiger partial charge in [-0.05, 0) is 25.2 Å². The third-order valence-electron chi connectivity index (χ3n) is 3.61. The minimum absolute atomic E-state index is 0.109. The summed E-state index contributed by atoms with van der Waals surface area (Å²) in [6.45, 7) is 5.14. The standard InChI is InChI=1S/C12H22N2O/c1-3-5-9-7-11(9)14-8-13-10(6-4-2)12(14)15/h9-11,13H,3-8H2,1-2H3. The Balaban J connectivity index is 1.83. The lowest BCUT2D eigenvalue weighted by Gasteiger charge is -2.15. The van der Waals surface area contributed by atoms with Crippen molar-refractivity contribution in [2.24, 2.45) is 5.92 Å². The molecule has 1 saturated carbocycles. The van der Waals surface area contributed by atoms with Gasteiger partial charge in [-0.15, -0.1) is 0 Å². The molecule has 3 heteroatoms. The Labute approximate surface area is 92.2 Å². The van der Waals surface area contributed by atoms with Crippen LogP contribution in [0.5, 0.6) is 0 Å². The van der Waals surface area contributed by atoms with Crippen molar-refractivity contribution in [3.05, 3.63) is 0 Å². The van der Waals surface area contributed by atoms with Crippen LogP contribution in [0, 0.1) is 5.92 Å². The molecule has 1 aliphatic carbocycles. The summed E-state index contributed by atoms with van der Waals surface area (Å²) in [4.78, 5) is 14.1. The van der Waals surface area contributed by atoms with E-state index < -0.39 is 0 Å². The largest absolute Gasteiger partial charge is 0.325 e. The van der Waals surface area contributed by atoms with Gasteiger partial charge in [0.1, 0.15) is 0 Å². The molecule has 3 atom stereocenters.